The van der Waals surface area contributed by atoms with Gasteiger partial charge in [0.15, 0.2) is 0 Å². The molecule has 4 heteroatoms. The van der Waals surface area contributed by atoms with Crippen LogP contribution in [0.15, 0.2) is 24.3 Å². The Morgan fingerprint density at radius 2 is 1.80 bits per heavy atom. The second kappa shape index (κ2) is 6.33. The van der Waals surface area contributed by atoms with E-state index >= 15 is 0 Å². The minimum absolute atomic E-state index is 0.159. The van der Waals surface area contributed by atoms with Crippen LogP contribution in [0.3, 0.4) is 0 Å². The van der Waals surface area contributed by atoms with Crippen molar-refractivity contribution in [2.75, 3.05) is 37.6 Å². The Hall–Kier alpha value is -0.770. The third-order valence-electron chi connectivity index (χ3n) is 4.43. The van der Waals surface area contributed by atoms with E-state index in [1.807, 2.05) is 18.2 Å². The summed E-state index contributed by atoms with van der Waals surface area (Å²) in [6, 6.07) is 8.30. The van der Waals surface area contributed by atoms with Crippen molar-refractivity contribution in [2.45, 2.75) is 26.8 Å². The smallest absolute Gasteiger partial charge is 0.0639 e. The molecule has 0 spiro atoms. The lowest BCUT2D eigenvalue weighted by Gasteiger charge is -2.41. The standard InChI is InChI=1S/C16H26ClN3/c1-13(18)16(2,3)12-19-8-10-20(11-9-19)15-7-5-4-6-14(15)17/h4-7,13H,8-12,18H2,1-3H3. The molecule has 0 aliphatic carbocycles. The number of nitrogens with two attached hydrogens (primary N) is 1. The van der Waals surface area contributed by atoms with Crippen molar-refractivity contribution < 1.29 is 0 Å². The highest BCUT2D eigenvalue weighted by Crippen LogP contribution is 2.27. The zero-order chi connectivity index (χ0) is 14.8. The molecule has 0 aromatic heterocycles. The van der Waals surface area contributed by atoms with E-state index in [1.54, 1.807) is 0 Å². The fourth-order valence-electron chi connectivity index (χ4n) is 2.58. The van der Waals surface area contributed by atoms with Crippen LogP contribution < -0.4 is 10.6 Å². The predicted octanol–water partition coefficient (Wildman–Crippen LogP) is 2.84. The second-order valence-electron chi connectivity index (χ2n) is 6.49. The average molecular weight is 296 g/mol. The van der Waals surface area contributed by atoms with Crippen LogP contribution in [-0.4, -0.2) is 43.7 Å². The number of piperazine rings is 1. The Kier molecular flexibility index (Phi) is 4.95. The van der Waals surface area contributed by atoms with Gasteiger partial charge in [0.1, 0.15) is 0 Å². The summed E-state index contributed by atoms with van der Waals surface area (Å²) in [6.45, 7) is 11.8. The Morgan fingerprint density at radius 1 is 1.20 bits per heavy atom. The van der Waals surface area contributed by atoms with E-state index in [2.05, 4.69) is 36.6 Å². The summed E-state index contributed by atoms with van der Waals surface area (Å²) in [5.41, 5.74) is 7.38. The van der Waals surface area contributed by atoms with Gasteiger partial charge < -0.3 is 10.6 Å². The van der Waals surface area contributed by atoms with Gasteiger partial charge in [0, 0.05) is 38.8 Å². The molecule has 2 rings (SSSR count). The maximum absolute atomic E-state index is 6.27. The van der Waals surface area contributed by atoms with Crippen LogP contribution in [0.4, 0.5) is 5.69 Å². The molecule has 1 atom stereocenters. The van der Waals surface area contributed by atoms with Crippen LogP contribution in [0, 0.1) is 5.41 Å². The van der Waals surface area contributed by atoms with Crippen molar-refractivity contribution in [3.8, 4) is 0 Å². The van der Waals surface area contributed by atoms with Crippen LogP contribution in [0.5, 0.6) is 0 Å². The van der Waals surface area contributed by atoms with Gasteiger partial charge in [-0.3, -0.25) is 4.90 Å². The molecule has 2 N–H and O–H groups in total. The highest BCUT2D eigenvalue weighted by atomic mass is 35.5. The lowest BCUT2D eigenvalue weighted by atomic mass is 9.85. The summed E-state index contributed by atoms with van der Waals surface area (Å²) < 4.78 is 0. The molecule has 1 aliphatic heterocycles. The fourth-order valence-corrected chi connectivity index (χ4v) is 2.83. The largest absolute Gasteiger partial charge is 0.368 e. The number of rotatable bonds is 4. The molecule has 1 unspecified atom stereocenters. The summed E-state index contributed by atoms with van der Waals surface area (Å²) in [5.74, 6) is 0. The number of halogens is 1. The van der Waals surface area contributed by atoms with Gasteiger partial charge in [-0.15, -0.1) is 0 Å². The highest BCUT2D eigenvalue weighted by molar-refractivity contribution is 6.33. The second-order valence-corrected chi connectivity index (χ2v) is 6.90. The van der Waals surface area contributed by atoms with E-state index in [-0.39, 0.29) is 11.5 Å². The molecule has 3 nitrogen and oxygen atoms in total. The molecule has 1 aliphatic rings. The summed E-state index contributed by atoms with van der Waals surface area (Å²) in [7, 11) is 0. The van der Waals surface area contributed by atoms with E-state index in [4.69, 9.17) is 17.3 Å². The maximum Gasteiger partial charge on any atom is 0.0639 e. The van der Waals surface area contributed by atoms with E-state index in [9.17, 15) is 0 Å². The summed E-state index contributed by atoms with van der Waals surface area (Å²) >= 11 is 6.27. The molecular weight excluding hydrogens is 270 g/mol. The minimum Gasteiger partial charge on any atom is -0.368 e. The zero-order valence-corrected chi connectivity index (χ0v) is 13.5. The third kappa shape index (κ3) is 3.66. The molecule has 1 aromatic carbocycles. The molecule has 0 radical (unpaired) electrons. The van der Waals surface area contributed by atoms with E-state index in [1.165, 1.54) is 0 Å². The van der Waals surface area contributed by atoms with Gasteiger partial charge in [-0.2, -0.15) is 0 Å². The van der Waals surface area contributed by atoms with Crippen LogP contribution >= 0.6 is 11.6 Å². The fraction of sp³-hybridized carbons (Fsp3) is 0.625. The van der Waals surface area contributed by atoms with Crippen LogP contribution in [0.2, 0.25) is 5.02 Å². The molecule has 0 bridgehead atoms. The zero-order valence-electron chi connectivity index (χ0n) is 12.8. The molecule has 1 aromatic rings. The topological polar surface area (TPSA) is 32.5 Å². The summed E-state index contributed by atoms with van der Waals surface area (Å²) in [4.78, 5) is 4.88. The predicted molar refractivity (Wildman–Crippen MR) is 87.5 cm³/mol. The lowest BCUT2D eigenvalue weighted by Crippen LogP contribution is -2.52. The first-order chi connectivity index (χ1) is 9.40. The SMILES string of the molecule is CC(N)C(C)(C)CN1CCN(c2ccccc2Cl)CC1. The molecule has 0 amide bonds. The van der Waals surface area contributed by atoms with Gasteiger partial charge in [-0.1, -0.05) is 37.6 Å². The molecule has 1 fully saturated rings. The van der Waals surface area contributed by atoms with Gasteiger partial charge >= 0.3 is 0 Å². The van der Waals surface area contributed by atoms with Crippen molar-refractivity contribution in [2.24, 2.45) is 11.1 Å². The van der Waals surface area contributed by atoms with Gasteiger partial charge in [0.25, 0.3) is 0 Å². The number of benzene rings is 1. The van der Waals surface area contributed by atoms with Gasteiger partial charge in [-0.05, 0) is 24.5 Å². The normalized spacial score (nSPS) is 19.1. The van der Waals surface area contributed by atoms with Crippen molar-refractivity contribution in [1.29, 1.82) is 0 Å². The Morgan fingerprint density at radius 3 is 2.35 bits per heavy atom. The van der Waals surface area contributed by atoms with Crippen LogP contribution in [-0.2, 0) is 0 Å². The monoisotopic (exact) mass is 295 g/mol. The first kappa shape index (κ1) is 15.6. The maximum atomic E-state index is 6.27. The first-order valence-electron chi connectivity index (χ1n) is 7.37. The molecule has 1 saturated heterocycles. The number of hydrogen-bond acceptors (Lipinski definition) is 3. The Balaban J connectivity index is 1.92. The van der Waals surface area contributed by atoms with Crippen LogP contribution in [0.25, 0.3) is 0 Å². The van der Waals surface area contributed by atoms with E-state index < -0.39 is 0 Å². The summed E-state index contributed by atoms with van der Waals surface area (Å²) in [6.07, 6.45) is 0. The molecule has 0 saturated carbocycles. The van der Waals surface area contributed by atoms with Crippen molar-refractivity contribution in [1.82, 2.24) is 4.90 Å². The van der Waals surface area contributed by atoms with E-state index in [0.29, 0.717) is 0 Å². The van der Waals surface area contributed by atoms with E-state index in [0.717, 1.165) is 43.4 Å². The molecule has 20 heavy (non-hydrogen) atoms. The number of hydrogen-bond donors (Lipinski definition) is 1. The first-order valence-corrected chi connectivity index (χ1v) is 7.75. The Bertz CT molecular complexity index is 437. The van der Waals surface area contributed by atoms with Gasteiger partial charge in [0.05, 0.1) is 10.7 Å². The summed E-state index contributed by atoms with van der Waals surface area (Å²) in [5, 5.41) is 0.844. The lowest BCUT2D eigenvalue weighted by molar-refractivity contribution is 0.151. The molecule has 112 valence electrons. The van der Waals surface area contributed by atoms with Crippen molar-refractivity contribution in [3.63, 3.8) is 0 Å². The molecule has 1 heterocycles. The number of anilines is 1. The van der Waals surface area contributed by atoms with Crippen molar-refractivity contribution in [3.05, 3.63) is 29.3 Å². The Labute approximate surface area is 127 Å². The highest BCUT2D eigenvalue weighted by Gasteiger charge is 2.28. The quantitative estimate of drug-likeness (QED) is 0.927. The van der Waals surface area contributed by atoms with Crippen LogP contribution in [0.1, 0.15) is 20.8 Å². The average Bonchev–Trinajstić information content (AvgIpc) is 2.40. The minimum atomic E-state index is 0.159. The van der Waals surface area contributed by atoms with Gasteiger partial charge in [0.2, 0.25) is 0 Å². The number of para-hydroxylation sites is 1. The van der Waals surface area contributed by atoms with Crippen molar-refractivity contribution >= 4 is 17.3 Å². The molecular formula is C16H26ClN3. The third-order valence-corrected chi connectivity index (χ3v) is 4.75. The number of nitrogens with zero attached hydrogens (tertiary/aromatic N) is 2. The van der Waals surface area contributed by atoms with Gasteiger partial charge in [-0.25, -0.2) is 0 Å².